The molecule has 0 aliphatic heterocycles. The summed E-state index contributed by atoms with van der Waals surface area (Å²) in [5.74, 6) is -0.339. The van der Waals surface area contributed by atoms with E-state index in [4.69, 9.17) is 10.00 Å². The number of ether oxygens (including phenoxy) is 1. The van der Waals surface area contributed by atoms with Gasteiger partial charge in [0.05, 0.1) is 0 Å². The number of pyridine rings is 1. The number of aromatic hydroxyl groups is 1. The monoisotopic (exact) mass is 222 g/mol. The number of nitriles is 1. The van der Waals surface area contributed by atoms with Crippen LogP contribution in [0.4, 0.5) is 0 Å². The summed E-state index contributed by atoms with van der Waals surface area (Å²) in [5.41, 5.74) is 0.186. The number of rotatable bonds is 3. The van der Waals surface area contributed by atoms with E-state index < -0.39 is 6.23 Å². The van der Waals surface area contributed by atoms with Gasteiger partial charge in [0.1, 0.15) is 17.9 Å². The lowest BCUT2D eigenvalue weighted by Crippen LogP contribution is -2.25. The fourth-order valence-corrected chi connectivity index (χ4v) is 1.53. The van der Waals surface area contributed by atoms with Crippen LogP contribution in [-0.2, 0) is 4.74 Å². The minimum Gasteiger partial charge on any atom is -0.493 e. The van der Waals surface area contributed by atoms with E-state index >= 15 is 0 Å². The first-order valence-corrected chi connectivity index (χ1v) is 4.99. The fourth-order valence-electron chi connectivity index (χ4n) is 1.53. The van der Waals surface area contributed by atoms with Gasteiger partial charge in [0, 0.05) is 12.7 Å². The van der Waals surface area contributed by atoms with Crippen LogP contribution in [0, 0.1) is 18.3 Å². The molecule has 16 heavy (non-hydrogen) atoms. The van der Waals surface area contributed by atoms with Crippen LogP contribution in [0.15, 0.2) is 10.9 Å². The average molecular weight is 222 g/mol. The number of hydrogen-bond donors (Lipinski definition) is 1. The molecule has 5 nitrogen and oxygen atoms in total. The zero-order valence-electron chi connectivity index (χ0n) is 9.52. The highest BCUT2D eigenvalue weighted by Gasteiger charge is 2.16. The molecule has 0 saturated heterocycles. The molecule has 5 heteroatoms. The van der Waals surface area contributed by atoms with Crippen LogP contribution in [0.25, 0.3) is 0 Å². The minimum atomic E-state index is -0.592. The van der Waals surface area contributed by atoms with E-state index in [2.05, 4.69) is 0 Å². The third kappa shape index (κ3) is 2.07. The summed E-state index contributed by atoms with van der Waals surface area (Å²) in [4.78, 5) is 11.7. The third-order valence-electron chi connectivity index (χ3n) is 2.31. The molecular weight excluding hydrogens is 208 g/mol. The minimum absolute atomic E-state index is 0.103. The normalized spacial score (nSPS) is 12.1. The maximum absolute atomic E-state index is 11.7. The van der Waals surface area contributed by atoms with Gasteiger partial charge in [-0.25, -0.2) is 0 Å². The second kappa shape index (κ2) is 4.81. The molecule has 86 valence electrons. The molecule has 1 aromatic heterocycles. The smallest absolute Gasteiger partial charge is 0.255 e. The molecule has 0 bridgehead atoms. The summed E-state index contributed by atoms with van der Waals surface area (Å²) in [5, 5.41) is 18.7. The first-order valence-electron chi connectivity index (χ1n) is 4.99. The summed E-state index contributed by atoms with van der Waals surface area (Å²) in [6.45, 7) is 5.46. The second-order valence-corrected chi connectivity index (χ2v) is 3.40. The fraction of sp³-hybridized carbons (Fsp3) is 0.455. The molecule has 0 radical (unpaired) electrons. The lowest BCUT2D eigenvalue weighted by molar-refractivity contribution is 0.0172. The number of nitrogens with zero attached hydrogens (tertiary/aromatic N) is 2. The molecule has 1 rings (SSSR count). The van der Waals surface area contributed by atoms with Crippen molar-refractivity contribution in [3.05, 3.63) is 27.5 Å². The van der Waals surface area contributed by atoms with E-state index in [1.807, 2.05) is 6.07 Å². The zero-order valence-corrected chi connectivity index (χ0v) is 9.52. The van der Waals surface area contributed by atoms with Crippen LogP contribution in [0.2, 0.25) is 0 Å². The molecular formula is C11H14N2O3. The Morgan fingerprint density at radius 3 is 2.81 bits per heavy atom. The van der Waals surface area contributed by atoms with Crippen LogP contribution in [-0.4, -0.2) is 16.3 Å². The Morgan fingerprint density at radius 2 is 2.31 bits per heavy atom. The van der Waals surface area contributed by atoms with Crippen LogP contribution in [0.5, 0.6) is 5.88 Å². The summed E-state index contributed by atoms with van der Waals surface area (Å²) in [6.07, 6.45) is -0.592. The van der Waals surface area contributed by atoms with Gasteiger partial charge in [0.25, 0.3) is 5.56 Å². The Hall–Kier alpha value is -1.80. The van der Waals surface area contributed by atoms with Crippen molar-refractivity contribution in [3.63, 3.8) is 0 Å². The van der Waals surface area contributed by atoms with E-state index in [0.717, 1.165) is 4.57 Å². The number of hydrogen-bond acceptors (Lipinski definition) is 4. The van der Waals surface area contributed by atoms with Crippen molar-refractivity contribution in [1.29, 1.82) is 5.26 Å². The Kier molecular flexibility index (Phi) is 3.69. The molecule has 1 heterocycles. The second-order valence-electron chi connectivity index (χ2n) is 3.40. The Balaban J connectivity index is 3.41. The molecule has 1 N–H and O–H groups in total. The van der Waals surface area contributed by atoms with Gasteiger partial charge in [-0.15, -0.1) is 0 Å². The molecule has 0 aliphatic carbocycles. The zero-order chi connectivity index (χ0) is 12.3. The first-order chi connectivity index (χ1) is 7.52. The molecule has 0 spiro atoms. The third-order valence-corrected chi connectivity index (χ3v) is 2.31. The number of aromatic nitrogens is 1. The van der Waals surface area contributed by atoms with E-state index in [0.29, 0.717) is 12.2 Å². The van der Waals surface area contributed by atoms with Crippen molar-refractivity contribution in [2.24, 2.45) is 0 Å². The molecule has 0 amide bonds. The van der Waals surface area contributed by atoms with Gasteiger partial charge in [0.15, 0.2) is 0 Å². The molecule has 1 aromatic rings. The van der Waals surface area contributed by atoms with Crippen LogP contribution in [0.3, 0.4) is 0 Å². The molecule has 1 atom stereocenters. The number of aryl methyl sites for hydroxylation is 1. The topological polar surface area (TPSA) is 75.2 Å². The van der Waals surface area contributed by atoms with Gasteiger partial charge in [-0.05, 0) is 26.3 Å². The van der Waals surface area contributed by atoms with Crippen molar-refractivity contribution < 1.29 is 9.84 Å². The molecule has 0 aromatic carbocycles. The molecule has 0 aliphatic rings. The van der Waals surface area contributed by atoms with Crippen molar-refractivity contribution >= 4 is 0 Å². The van der Waals surface area contributed by atoms with Gasteiger partial charge in [-0.1, -0.05) is 0 Å². The van der Waals surface area contributed by atoms with Crippen LogP contribution in [0.1, 0.15) is 31.2 Å². The Bertz CT molecular complexity index is 485. The van der Waals surface area contributed by atoms with Crippen molar-refractivity contribution in [3.8, 4) is 11.9 Å². The summed E-state index contributed by atoms with van der Waals surface area (Å²) in [6, 6.07) is 3.18. The molecule has 1 unspecified atom stereocenters. The van der Waals surface area contributed by atoms with E-state index in [-0.39, 0.29) is 17.0 Å². The van der Waals surface area contributed by atoms with Gasteiger partial charge >= 0.3 is 0 Å². The van der Waals surface area contributed by atoms with Crippen molar-refractivity contribution in [2.75, 3.05) is 6.61 Å². The van der Waals surface area contributed by atoms with Crippen LogP contribution < -0.4 is 5.56 Å². The Morgan fingerprint density at radius 1 is 1.69 bits per heavy atom. The maximum Gasteiger partial charge on any atom is 0.255 e. The Labute approximate surface area is 93.5 Å². The standard InChI is InChI=1S/C11H14N2O3/c1-4-16-8(3)13-10(14)5-7(2)9(6-12)11(13)15/h5,8,15H,4H2,1-3H3. The maximum atomic E-state index is 11.7. The largest absolute Gasteiger partial charge is 0.493 e. The SMILES string of the molecule is CCOC(C)n1c(O)c(C#N)c(C)cc1=O. The van der Waals surface area contributed by atoms with Gasteiger partial charge < -0.3 is 9.84 Å². The van der Waals surface area contributed by atoms with Gasteiger partial charge in [-0.3, -0.25) is 9.36 Å². The quantitative estimate of drug-likeness (QED) is 0.836. The van der Waals surface area contributed by atoms with E-state index in [1.165, 1.54) is 6.07 Å². The van der Waals surface area contributed by atoms with Gasteiger partial charge in [0.2, 0.25) is 5.88 Å². The first kappa shape index (κ1) is 12.3. The van der Waals surface area contributed by atoms with Crippen molar-refractivity contribution in [2.45, 2.75) is 27.0 Å². The van der Waals surface area contributed by atoms with Crippen molar-refractivity contribution in [1.82, 2.24) is 4.57 Å². The predicted molar refractivity (Wildman–Crippen MR) is 58.2 cm³/mol. The predicted octanol–water partition coefficient (Wildman–Crippen LogP) is 1.29. The summed E-state index contributed by atoms with van der Waals surface area (Å²) < 4.78 is 6.29. The van der Waals surface area contributed by atoms with E-state index in [9.17, 15) is 9.90 Å². The lowest BCUT2D eigenvalue weighted by Gasteiger charge is -2.17. The summed E-state index contributed by atoms with van der Waals surface area (Å²) >= 11 is 0. The molecule has 0 saturated carbocycles. The highest BCUT2D eigenvalue weighted by molar-refractivity contribution is 5.43. The summed E-state index contributed by atoms with van der Waals surface area (Å²) in [7, 11) is 0. The van der Waals surface area contributed by atoms with E-state index in [1.54, 1.807) is 20.8 Å². The lowest BCUT2D eigenvalue weighted by atomic mass is 10.1. The molecule has 0 fully saturated rings. The van der Waals surface area contributed by atoms with Gasteiger partial charge in [-0.2, -0.15) is 5.26 Å². The average Bonchev–Trinajstić information content (AvgIpc) is 2.17. The van der Waals surface area contributed by atoms with Crippen LogP contribution >= 0.6 is 0 Å². The highest BCUT2D eigenvalue weighted by atomic mass is 16.5. The highest BCUT2D eigenvalue weighted by Crippen LogP contribution is 2.21.